The Morgan fingerprint density at radius 3 is 2.21 bits per heavy atom. The van der Waals surface area contributed by atoms with Crippen molar-refractivity contribution in [1.29, 1.82) is 0 Å². The molecule has 1 amide bonds. The Bertz CT molecular complexity index is 1000. The number of halogens is 1. The summed E-state index contributed by atoms with van der Waals surface area (Å²) in [5.74, 6) is 0.834. The van der Waals surface area contributed by atoms with Crippen LogP contribution in [-0.2, 0) is 11.2 Å². The molecule has 0 N–H and O–H groups in total. The second-order valence-corrected chi connectivity index (χ2v) is 6.64. The first-order valence-electron chi connectivity index (χ1n) is 8.99. The molecule has 1 aliphatic rings. The van der Waals surface area contributed by atoms with Gasteiger partial charge in [0.2, 0.25) is 5.91 Å². The van der Waals surface area contributed by atoms with Gasteiger partial charge in [0.15, 0.2) is 11.5 Å². The van der Waals surface area contributed by atoms with Crippen molar-refractivity contribution in [1.82, 2.24) is 0 Å². The molecule has 142 valence electrons. The van der Waals surface area contributed by atoms with Crippen molar-refractivity contribution in [3.05, 3.63) is 89.2 Å². The maximum atomic E-state index is 13.5. The van der Waals surface area contributed by atoms with Gasteiger partial charge in [-0.2, -0.15) is 0 Å². The Morgan fingerprint density at radius 2 is 1.57 bits per heavy atom. The van der Waals surface area contributed by atoms with E-state index >= 15 is 0 Å². The summed E-state index contributed by atoms with van der Waals surface area (Å²) in [6, 6.07) is 19.1. The highest BCUT2D eigenvalue weighted by atomic mass is 19.1. The second kappa shape index (κ2) is 7.35. The number of carbonyl (C=O) groups excluding carboxylic acids is 1. The van der Waals surface area contributed by atoms with E-state index in [1.165, 1.54) is 12.1 Å². The van der Waals surface area contributed by atoms with Crippen LogP contribution in [-0.4, -0.2) is 20.1 Å². The predicted molar refractivity (Wildman–Crippen MR) is 105 cm³/mol. The molecule has 1 unspecified atom stereocenters. The first-order chi connectivity index (χ1) is 13.6. The lowest BCUT2D eigenvalue weighted by Gasteiger charge is -2.38. The van der Waals surface area contributed by atoms with Gasteiger partial charge in [-0.3, -0.25) is 4.79 Å². The minimum atomic E-state index is -0.390. The zero-order valence-electron chi connectivity index (χ0n) is 15.7. The van der Waals surface area contributed by atoms with Crippen LogP contribution in [0.1, 0.15) is 22.7 Å². The average molecular weight is 377 g/mol. The first kappa shape index (κ1) is 18.0. The normalized spacial score (nSPS) is 15.9. The van der Waals surface area contributed by atoms with Crippen molar-refractivity contribution in [3.63, 3.8) is 0 Å². The predicted octanol–water partition coefficient (Wildman–Crippen LogP) is 4.52. The zero-order valence-corrected chi connectivity index (χ0v) is 15.7. The van der Waals surface area contributed by atoms with Crippen LogP contribution in [0, 0.1) is 5.82 Å². The number of carbonyl (C=O) groups is 1. The molecule has 0 spiro atoms. The molecule has 0 aromatic heterocycles. The molecule has 3 aromatic rings. The number of rotatable bonds is 4. The van der Waals surface area contributed by atoms with E-state index in [1.807, 2.05) is 42.5 Å². The third kappa shape index (κ3) is 3.09. The lowest BCUT2D eigenvalue weighted by molar-refractivity contribution is -0.118. The Morgan fingerprint density at radius 1 is 0.929 bits per heavy atom. The highest BCUT2D eigenvalue weighted by molar-refractivity contribution is 5.98. The van der Waals surface area contributed by atoms with Crippen LogP contribution >= 0.6 is 0 Å². The summed E-state index contributed by atoms with van der Waals surface area (Å²) in [5.41, 5.74) is 3.44. The third-order valence-corrected chi connectivity index (χ3v) is 5.03. The number of hydrogen-bond acceptors (Lipinski definition) is 3. The molecule has 0 saturated carbocycles. The number of methoxy groups -OCH3 is 2. The molecule has 0 saturated heterocycles. The largest absolute Gasteiger partial charge is 0.493 e. The maximum Gasteiger partial charge on any atom is 0.232 e. The van der Waals surface area contributed by atoms with Crippen molar-refractivity contribution in [2.45, 2.75) is 12.5 Å². The molecule has 3 aromatic carbocycles. The van der Waals surface area contributed by atoms with Crippen LogP contribution in [0.2, 0.25) is 0 Å². The molecule has 0 bridgehead atoms. The topological polar surface area (TPSA) is 38.8 Å². The van der Waals surface area contributed by atoms with E-state index in [0.717, 1.165) is 22.4 Å². The van der Waals surface area contributed by atoms with E-state index in [2.05, 4.69) is 0 Å². The molecule has 28 heavy (non-hydrogen) atoms. The van der Waals surface area contributed by atoms with Gasteiger partial charge >= 0.3 is 0 Å². The fraction of sp³-hybridized carbons (Fsp3) is 0.174. The van der Waals surface area contributed by atoms with Gasteiger partial charge < -0.3 is 14.4 Å². The second-order valence-electron chi connectivity index (χ2n) is 6.64. The van der Waals surface area contributed by atoms with Gasteiger partial charge in [0.25, 0.3) is 0 Å². The van der Waals surface area contributed by atoms with Gasteiger partial charge in [0.05, 0.1) is 26.7 Å². The molecule has 0 aliphatic carbocycles. The standard InChI is InChI=1S/C23H20FNO3/c1-27-20-12-16-13-22(26)25(18-6-4-3-5-7-18)23(19(16)14-21(20)28-2)15-8-10-17(24)11-9-15/h3-12,14,23H,13H2,1-2H3. The Labute approximate surface area is 163 Å². The fourth-order valence-corrected chi connectivity index (χ4v) is 3.73. The number of nitrogens with zero attached hydrogens (tertiary/aromatic N) is 1. The van der Waals surface area contributed by atoms with Gasteiger partial charge in [-0.15, -0.1) is 0 Å². The molecule has 1 atom stereocenters. The van der Waals surface area contributed by atoms with Gasteiger partial charge in [-0.25, -0.2) is 4.39 Å². The molecule has 1 heterocycles. The van der Waals surface area contributed by atoms with Gasteiger partial charge in [0, 0.05) is 5.69 Å². The summed E-state index contributed by atoms with van der Waals surface area (Å²) < 4.78 is 24.4. The maximum absolute atomic E-state index is 13.5. The summed E-state index contributed by atoms with van der Waals surface area (Å²) in [6.07, 6.45) is 0.252. The third-order valence-electron chi connectivity index (χ3n) is 5.03. The molecule has 0 radical (unpaired) electrons. The van der Waals surface area contributed by atoms with E-state index in [9.17, 15) is 9.18 Å². The van der Waals surface area contributed by atoms with Crippen LogP contribution in [0.3, 0.4) is 0 Å². The number of para-hydroxylation sites is 1. The Balaban J connectivity index is 1.94. The molecular formula is C23H20FNO3. The number of anilines is 1. The smallest absolute Gasteiger partial charge is 0.232 e. The molecule has 4 rings (SSSR count). The number of amides is 1. The van der Waals surface area contributed by atoms with E-state index in [-0.39, 0.29) is 24.2 Å². The first-order valence-corrected chi connectivity index (χ1v) is 8.99. The van der Waals surface area contributed by atoms with Crippen LogP contribution < -0.4 is 14.4 Å². The molecule has 0 fully saturated rings. The lowest BCUT2D eigenvalue weighted by atomic mass is 9.87. The summed E-state index contributed by atoms with van der Waals surface area (Å²) >= 11 is 0. The highest BCUT2D eigenvalue weighted by Crippen LogP contribution is 2.43. The quantitative estimate of drug-likeness (QED) is 0.671. The average Bonchev–Trinajstić information content (AvgIpc) is 2.73. The number of hydrogen-bond donors (Lipinski definition) is 0. The SMILES string of the molecule is COc1cc2c(cc1OC)C(c1ccc(F)cc1)N(c1ccccc1)C(=O)C2. The van der Waals surface area contributed by atoms with Crippen LogP contribution in [0.4, 0.5) is 10.1 Å². The van der Waals surface area contributed by atoms with Crippen molar-refractivity contribution in [3.8, 4) is 11.5 Å². The van der Waals surface area contributed by atoms with Crippen molar-refractivity contribution < 1.29 is 18.7 Å². The van der Waals surface area contributed by atoms with Gasteiger partial charge in [-0.05, 0) is 53.1 Å². The molecule has 5 heteroatoms. The minimum Gasteiger partial charge on any atom is -0.493 e. The minimum absolute atomic E-state index is 0.0276. The van der Waals surface area contributed by atoms with Crippen molar-refractivity contribution in [2.75, 3.05) is 19.1 Å². The monoisotopic (exact) mass is 377 g/mol. The van der Waals surface area contributed by atoms with Gasteiger partial charge in [-0.1, -0.05) is 30.3 Å². The van der Waals surface area contributed by atoms with Crippen LogP contribution in [0.5, 0.6) is 11.5 Å². The van der Waals surface area contributed by atoms with Crippen molar-refractivity contribution >= 4 is 11.6 Å². The lowest BCUT2D eigenvalue weighted by Crippen LogP contribution is -2.41. The molecule has 4 nitrogen and oxygen atoms in total. The number of benzene rings is 3. The zero-order chi connectivity index (χ0) is 19.7. The number of fused-ring (bicyclic) bond motifs is 1. The van der Waals surface area contributed by atoms with E-state index in [4.69, 9.17) is 9.47 Å². The Kier molecular flexibility index (Phi) is 4.74. The van der Waals surface area contributed by atoms with Crippen LogP contribution in [0.25, 0.3) is 0 Å². The highest BCUT2D eigenvalue weighted by Gasteiger charge is 2.35. The summed E-state index contributed by atoms with van der Waals surface area (Å²) in [4.78, 5) is 14.9. The van der Waals surface area contributed by atoms with E-state index in [1.54, 1.807) is 31.3 Å². The summed E-state index contributed by atoms with van der Waals surface area (Å²) in [6.45, 7) is 0. The fourth-order valence-electron chi connectivity index (χ4n) is 3.73. The summed E-state index contributed by atoms with van der Waals surface area (Å²) in [5, 5.41) is 0. The molecular weight excluding hydrogens is 357 g/mol. The van der Waals surface area contributed by atoms with Crippen LogP contribution in [0.15, 0.2) is 66.7 Å². The van der Waals surface area contributed by atoms with E-state index in [0.29, 0.717) is 11.5 Å². The number of ether oxygens (including phenoxy) is 2. The Hall–Kier alpha value is -3.34. The van der Waals surface area contributed by atoms with E-state index < -0.39 is 0 Å². The summed E-state index contributed by atoms with van der Waals surface area (Å²) in [7, 11) is 3.16. The van der Waals surface area contributed by atoms with Gasteiger partial charge in [0.1, 0.15) is 5.82 Å². The van der Waals surface area contributed by atoms with Crippen molar-refractivity contribution in [2.24, 2.45) is 0 Å². The molecule has 1 aliphatic heterocycles.